The first kappa shape index (κ1) is 11.1. The third kappa shape index (κ3) is 2.59. The number of benzene rings is 1. The van der Waals surface area contributed by atoms with Gasteiger partial charge in [-0.25, -0.2) is 4.98 Å². The first-order valence-corrected chi connectivity index (χ1v) is 5.66. The second-order valence-corrected chi connectivity index (χ2v) is 4.15. The fourth-order valence-electron chi connectivity index (χ4n) is 1.31. The van der Waals surface area contributed by atoms with E-state index >= 15 is 0 Å². The minimum absolute atomic E-state index is 0.397. The van der Waals surface area contributed by atoms with Gasteiger partial charge in [0.1, 0.15) is 5.75 Å². The zero-order valence-corrected chi connectivity index (χ0v) is 10.1. The Labute approximate surface area is 102 Å². The quantitative estimate of drug-likeness (QED) is 0.939. The average molecular weight is 279 g/mol. The number of ether oxygens (including phenoxy) is 1. The molecule has 2 N–H and O–H groups in total. The molecule has 0 unspecified atom stereocenters. The van der Waals surface area contributed by atoms with Crippen molar-refractivity contribution in [2.45, 2.75) is 6.54 Å². The smallest absolute Gasteiger partial charge is 0.223 e. The van der Waals surface area contributed by atoms with Crippen molar-refractivity contribution in [1.82, 2.24) is 4.98 Å². The summed E-state index contributed by atoms with van der Waals surface area (Å²) in [6.07, 6.45) is 1.69. The Morgan fingerprint density at radius 3 is 2.69 bits per heavy atom. The molecule has 3 nitrogen and oxygen atoms in total. The predicted molar refractivity (Wildman–Crippen MR) is 66.3 cm³/mol. The number of nitrogens with two attached hydrogens (primary N) is 1. The van der Waals surface area contributed by atoms with E-state index in [1.165, 1.54) is 0 Å². The summed E-state index contributed by atoms with van der Waals surface area (Å²) in [6.45, 7) is 0.397. The highest BCUT2D eigenvalue weighted by atomic mass is 79.9. The predicted octanol–water partition coefficient (Wildman–Crippen LogP) is 3.10. The molecule has 1 aromatic carbocycles. The molecule has 0 saturated heterocycles. The zero-order chi connectivity index (χ0) is 11.4. The van der Waals surface area contributed by atoms with Crippen molar-refractivity contribution in [3.05, 3.63) is 52.6 Å². The maximum Gasteiger partial charge on any atom is 0.223 e. The summed E-state index contributed by atoms with van der Waals surface area (Å²) in [5.41, 5.74) is 6.51. The number of pyridine rings is 1. The van der Waals surface area contributed by atoms with Gasteiger partial charge in [0.25, 0.3) is 0 Å². The molecule has 0 aliphatic heterocycles. The summed E-state index contributed by atoms with van der Waals surface area (Å²) in [4.78, 5) is 4.20. The number of para-hydroxylation sites is 1. The van der Waals surface area contributed by atoms with Crippen molar-refractivity contribution in [3.63, 3.8) is 0 Å². The van der Waals surface area contributed by atoms with E-state index in [0.717, 1.165) is 15.8 Å². The van der Waals surface area contributed by atoms with Gasteiger partial charge in [0, 0.05) is 22.8 Å². The summed E-state index contributed by atoms with van der Waals surface area (Å²) in [5, 5.41) is 0. The van der Waals surface area contributed by atoms with E-state index in [9.17, 15) is 0 Å². The van der Waals surface area contributed by atoms with E-state index in [2.05, 4.69) is 20.9 Å². The number of halogens is 1. The van der Waals surface area contributed by atoms with Crippen LogP contribution in [0.1, 0.15) is 5.56 Å². The fraction of sp³-hybridized carbons (Fsp3) is 0.0833. The van der Waals surface area contributed by atoms with E-state index in [4.69, 9.17) is 10.5 Å². The molecule has 0 radical (unpaired) electrons. The van der Waals surface area contributed by atoms with Crippen LogP contribution in [0.25, 0.3) is 0 Å². The minimum Gasteiger partial charge on any atom is -0.439 e. The van der Waals surface area contributed by atoms with Gasteiger partial charge in [0.05, 0.1) is 0 Å². The molecule has 0 amide bonds. The van der Waals surface area contributed by atoms with Gasteiger partial charge in [-0.05, 0) is 34.1 Å². The van der Waals surface area contributed by atoms with Gasteiger partial charge < -0.3 is 10.5 Å². The van der Waals surface area contributed by atoms with E-state index in [1.54, 1.807) is 6.20 Å². The van der Waals surface area contributed by atoms with Crippen LogP contribution in [0, 0.1) is 0 Å². The van der Waals surface area contributed by atoms with Crippen LogP contribution >= 0.6 is 15.9 Å². The van der Waals surface area contributed by atoms with Crippen LogP contribution in [0.5, 0.6) is 11.6 Å². The summed E-state index contributed by atoms with van der Waals surface area (Å²) in [6, 6.07) is 11.4. The normalized spacial score (nSPS) is 10.1. The average Bonchev–Trinajstić information content (AvgIpc) is 2.33. The molecule has 0 saturated carbocycles. The third-order valence-electron chi connectivity index (χ3n) is 2.07. The third-order valence-corrected chi connectivity index (χ3v) is 2.50. The Bertz CT molecular complexity index is 474. The second-order valence-electron chi connectivity index (χ2n) is 3.24. The van der Waals surface area contributed by atoms with E-state index < -0.39 is 0 Å². The van der Waals surface area contributed by atoms with Gasteiger partial charge >= 0.3 is 0 Å². The number of rotatable bonds is 3. The molecule has 4 heteroatoms. The lowest BCUT2D eigenvalue weighted by atomic mass is 10.3. The van der Waals surface area contributed by atoms with Crippen LogP contribution in [-0.2, 0) is 6.54 Å². The molecule has 0 aliphatic carbocycles. The van der Waals surface area contributed by atoms with Gasteiger partial charge in [-0.15, -0.1) is 0 Å². The van der Waals surface area contributed by atoms with Crippen LogP contribution in [0.3, 0.4) is 0 Å². The van der Waals surface area contributed by atoms with Crippen LogP contribution < -0.4 is 10.5 Å². The lowest BCUT2D eigenvalue weighted by Crippen LogP contribution is -2.01. The van der Waals surface area contributed by atoms with Gasteiger partial charge in [-0.3, -0.25) is 0 Å². The molecule has 0 spiro atoms. The highest BCUT2D eigenvalue weighted by Crippen LogP contribution is 2.24. The van der Waals surface area contributed by atoms with Crippen molar-refractivity contribution < 1.29 is 4.74 Å². The van der Waals surface area contributed by atoms with Gasteiger partial charge in [0.2, 0.25) is 5.88 Å². The Balaban J connectivity index is 2.28. The standard InChI is InChI=1S/C12H11BrN2O/c13-10-6-9(7-14)12(15-8-10)16-11-4-2-1-3-5-11/h1-6,8H,7,14H2. The molecule has 82 valence electrons. The highest BCUT2D eigenvalue weighted by Gasteiger charge is 2.05. The maximum atomic E-state index is 5.64. The largest absolute Gasteiger partial charge is 0.439 e. The van der Waals surface area contributed by atoms with Crippen molar-refractivity contribution in [2.75, 3.05) is 0 Å². The number of hydrogen-bond donors (Lipinski definition) is 1. The van der Waals surface area contributed by atoms with E-state index in [-0.39, 0.29) is 0 Å². The molecule has 2 rings (SSSR count). The van der Waals surface area contributed by atoms with Crippen molar-refractivity contribution in [3.8, 4) is 11.6 Å². The highest BCUT2D eigenvalue weighted by molar-refractivity contribution is 9.10. The van der Waals surface area contributed by atoms with Crippen LogP contribution in [0.2, 0.25) is 0 Å². The molecule has 1 aromatic heterocycles. The number of hydrogen-bond acceptors (Lipinski definition) is 3. The van der Waals surface area contributed by atoms with Gasteiger partial charge in [0.15, 0.2) is 0 Å². The molecule has 0 fully saturated rings. The first-order valence-electron chi connectivity index (χ1n) is 4.87. The lowest BCUT2D eigenvalue weighted by Gasteiger charge is -2.08. The second kappa shape index (κ2) is 5.09. The van der Waals surface area contributed by atoms with Crippen molar-refractivity contribution in [2.24, 2.45) is 5.73 Å². The topological polar surface area (TPSA) is 48.1 Å². The van der Waals surface area contributed by atoms with Crippen LogP contribution in [0.4, 0.5) is 0 Å². The summed E-state index contributed by atoms with van der Waals surface area (Å²) < 4.78 is 6.54. The zero-order valence-electron chi connectivity index (χ0n) is 8.56. The molecule has 0 bridgehead atoms. The monoisotopic (exact) mass is 278 g/mol. The minimum atomic E-state index is 0.397. The maximum absolute atomic E-state index is 5.64. The fourth-order valence-corrected chi connectivity index (χ4v) is 1.69. The molecular formula is C12H11BrN2O. The molecule has 16 heavy (non-hydrogen) atoms. The van der Waals surface area contributed by atoms with Crippen LogP contribution in [0.15, 0.2) is 47.1 Å². The number of nitrogens with zero attached hydrogens (tertiary/aromatic N) is 1. The van der Waals surface area contributed by atoms with Crippen molar-refractivity contribution >= 4 is 15.9 Å². The summed E-state index contributed by atoms with van der Waals surface area (Å²) >= 11 is 3.35. The van der Waals surface area contributed by atoms with E-state index in [1.807, 2.05) is 36.4 Å². The molecule has 1 heterocycles. The Hall–Kier alpha value is -1.39. The lowest BCUT2D eigenvalue weighted by molar-refractivity contribution is 0.456. The van der Waals surface area contributed by atoms with Crippen molar-refractivity contribution in [1.29, 1.82) is 0 Å². The van der Waals surface area contributed by atoms with Crippen LogP contribution in [-0.4, -0.2) is 4.98 Å². The molecule has 2 aromatic rings. The Kier molecular flexibility index (Phi) is 3.54. The molecule has 0 atom stereocenters. The van der Waals surface area contributed by atoms with E-state index in [0.29, 0.717) is 12.4 Å². The Morgan fingerprint density at radius 1 is 1.25 bits per heavy atom. The molecular weight excluding hydrogens is 268 g/mol. The molecule has 0 aliphatic rings. The first-order chi connectivity index (χ1) is 7.79. The summed E-state index contributed by atoms with van der Waals surface area (Å²) in [7, 11) is 0. The van der Waals surface area contributed by atoms with Gasteiger partial charge in [-0.2, -0.15) is 0 Å². The number of aromatic nitrogens is 1. The summed E-state index contributed by atoms with van der Waals surface area (Å²) in [5.74, 6) is 1.31. The SMILES string of the molecule is NCc1cc(Br)cnc1Oc1ccccc1. The van der Waals surface area contributed by atoms with Gasteiger partial charge in [-0.1, -0.05) is 18.2 Å². The Morgan fingerprint density at radius 2 is 2.00 bits per heavy atom.